The Morgan fingerprint density at radius 2 is 1.95 bits per heavy atom. The molecule has 210 valence electrons. The molecule has 1 aliphatic carbocycles. The van der Waals surface area contributed by atoms with Crippen molar-refractivity contribution in [3.8, 4) is 11.5 Å². The summed E-state index contributed by atoms with van der Waals surface area (Å²) in [6.07, 6.45) is 0.150. The van der Waals surface area contributed by atoms with Gasteiger partial charge in [0, 0.05) is 37.8 Å². The van der Waals surface area contributed by atoms with Gasteiger partial charge in [-0.3, -0.25) is 14.4 Å². The van der Waals surface area contributed by atoms with Crippen molar-refractivity contribution in [2.75, 3.05) is 40.5 Å². The highest BCUT2D eigenvalue weighted by Crippen LogP contribution is 2.37. The van der Waals surface area contributed by atoms with Crippen LogP contribution in [0.2, 0.25) is 0 Å². The van der Waals surface area contributed by atoms with Crippen LogP contribution in [0.3, 0.4) is 0 Å². The van der Waals surface area contributed by atoms with Gasteiger partial charge in [0.2, 0.25) is 11.8 Å². The monoisotopic (exact) mass is 652 g/mol. The third kappa shape index (κ3) is 8.01. The zero-order chi connectivity index (χ0) is 28.4. The fourth-order valence-corrected chi connectivity index (χ4v) is 5.13. The van der Waals surface area contributed by atoms with E-state index in [1.807, 2.05) is 52.9 Å². The number of aldehydes is 1. The lowest BCUT2D eigenvalue weighted by atomic mass is 9.87. The summed E-state index contributed by atoms with van der Waals surface area (Å²) >= 11 is 2.00. The number of rotatable bonds is 13. The van der Waals surface area contributed by atoms with E-state index in [9.17, 15) is 24.6 Å². The van der Waals surface area contributed by atoms with Crippen LogP contribution < -0.4 is 14.8 Å². The highest BCUT2D eigenvalue weighted by Gasteiger charge is 2.40. The number of benzene rings is 2. The average Bonchev–Trinajstić information content (AvgIpc) is 2.94. The molecule has 0 saturated carbocycles. The van der Waals surface area contributed by atoms with Gasteiger partial charge >= 0.3 is 0 Å². The molecule has 0 spiro atoms. The van der Waals surface area contributed by atoms with E-state index >= 15 is 0 Å². The molecular weight excluding hydrogens is 619 g/mol. The summed E-state index contributed by atoms with van der Waals surface area (Å²) in [7, 11) is 2.96. The largest absolute Gasteiger partial charge is 0.493 e. The summed E-state index contributed by atoms with van der Waals surface area (Å²) < 4.78 is 17.5. The van der Waals surface area contributed by atoms with Gasteiger partial charge < -0.3 is 34.6 Å². The predicted molar refractivity (Wildman–Crippen MR) is 152 cm³/mol. The van der Waals surface area contributed by atoms with Gasteiger partial charge in [-0.1, -0.05) is 30.3 Å². The van der Waals surface area contributed by atoms with Gasteiger partial charge in [-0.05, 0) is 46.4 Å². The molecule has 2 amide bonds. The number of carbonyl (C=O) groups is 3. The summed E-state index contributed by atoms with van der Waals surface area (Å²) in [6.45, 7) is 0.230. The highest BCUT2D eigenvalue weighted by atomic mass is 127. The average molecular weight is 652 g/mol. The first kappa shape index (κ1) is 30.5. The molecule has 11 heteroatoms. The van der Waals surface area contributed by atoms with Gasteiger partial charge in [-0.25, -0.2) is 0 Å². The Balaban J connectivity index is 1.99. The molecule has 1 aliphatic rings. The maximum absolute atomic E-state index is 13.5. The highest BCUT2D eigenvalue weighted by molar-refractivity contribution is 14.1. The van der Waals surface area contributed by atoms with Gasteiger partial charge in [0.05, 0.1) is 36.4 Å². The van der Waals surface area contributed by atoms with Crippen LogP contribution in [0, 0.1) is 3.57 Å². The third-order valence-electron chi connectivity index (χ3n) is 6.31. The number of methoxy groups -OCH3 is 2. The van der Waals surface area contributed by atoms with Gasteiger partial charge in [0.1, 0.15) is 18.5 Å². The summed E-state index contributed by atoms with van der Waals surface area (Å²) in [6, 6.07) is 11.6. The Morgan fingerprint density at radius 1 is 1.21 bits per heavy atom. The molecule has 0 fully saturated rings. The van der Waals surface area contributed by atoms with Crippen molar-refractivity contribution >= 4 is 40.7 Å². The molecule has 3 N–H and O–H groups in total. The second-order valence-corrected chi connectivity index (χ2v) is 10.1. The zero-order valence-corrected chi connectivity index (χ0v) is 24.0. The number of hydrogen-bond acceptors (Lipinski definition) is 8. The molecule has 2 aromatic rings. The smallest absolute Gasteiger partial charge is 0.247 e. The van der Waals surface area contributed by atoms with Crippen molar-refractivity contribution in [2.45, 2.75) is 31.1 Å². The van der Waals surface area contributed by atoms with Crippen LogP contribution in [0.1, 0.15) is 22.3 Å². The van der Waals surface area contributed by atoms with E-state index in [1.54, 1.807) is 6.07 Å². The van der Waals surface area contributed by atoms with Crippen LogP contribution in [-0.2, 0) is 20.7 Å². The van der Waals surface area contributed by atoms with Crippen LogP contribution in [0.25, 0.3) is 0 Å². The summed E-state index contributed by atoms with van der Waals surface area (Å²) in [5.41, 5.74) is 1.51. The lowest BCUT2D eigenvalue weighted by Gasteiger charge is -2.40. The van der Waals surface area contributed by atoms with E-state index in [1.165, 1.54) is 31.3 Å². The normalized spacial score (nSPS) is 18.6. The van der Waals surface area contributed by atoms with Crippen molar-refractivity contribution in [1.29, 1.82) is 0 Å². The summed E-state index contributed by atoms with van der Waals surface area (Å²) in [5, 5.41) is 23.3. The molecular formula is C28H33IN2O8. The van der Waals surface area contributed by atoms with Gasteiger partial charge in [-0.15, -0.1) is 0 Å². The first-order valence-corrected chi connectivity index (χ1v) is 13.5. The molecule has 0 aromatic heterocycles. The predicted octanol–water partition coefficient (Wildman–Crippen LogP) is 1.75. The number of hydrogen-bond donors (Lipinski definition) is 3. The Kier molecular flexibility index (Phi) is 11.7. The number of halogens is 1. The van der Waals surface area contributed by atoms with Crippen LogP contribution in [0.15, 0.2) is 54.1 Å². The fourth-order valence-electron chi connectivity index (χ4n) is 4.37. The zero-order valence-electron chi connectivity index (χ0n) is 21.8. The van der Waals surface area contributed by atoms with Crippen LogP contribution in [0.4, 0.5) is 0 Å². The first-order valence-electron chi connectivity index (χ1n) is 12.4. The van der Waals surface area contributed by atoms with Gasteiger partial charge in [0.25, 0.3) is 0 Å². The van der Waals surface area contributed by atoms with Crippen LogP contribution >= 0.6 is 22.6 Å². The minimum absolute atomic E-state index is 0.0497. The minimum Gasteiger partial charge on any atom is -0.493 e. The molecule has 3 unspecified atom stereocenters. The Bertz CT molecular complexity index is 1170. The van der Waals surface area contributed by atoms with Crippen molar-refractivity contribution in [1.82, 2.24) is 10.2 Å². The fraction of sp³-hybridized carbons (Fsp3) is 0.393. The van der Waals surface area contributed by atoms with Crippen molar-refractivity contribution in [3.05, 3.63) is 68.8 Å². The number of amides is 2. The third-order valence-corrected chi connectivity index (χ3v) is 7.11. The number of aliphatic hydroxyl groups excluding tert-OH is 2. The molecule has 0 heterocycles. The molecule has 3 rings (SSSR count). The Morgan fingerprint density at radius 3 is 2.59 bits per heavy atom. The molecule has 2 aromatic carbocycles. The van der Waals surface area contributed by atoms with E-state index in [4.69, 9.17) is 14.2 Å². The van der Waals surface area contributed by atoms with E-state index in [0.29, 0.717) is 26.7 Å². The lowest BCUT2D eigenvalue weighted by molar-refractivity contribution is -0.138. The maximum atomic E-state index is 13.5. The lowest BCUT2D eigenvalue weighted by Crippen LogP contribution is -2.56. The number of nitrogens with zero attached hydrogens (tertiary/aromatic N) is 1. The maximum Gasteiger partial charge on any atom is 0.247 e. The molecule has 39 heavy (non-hydrogen) atoms. The molecule has 0 aliphatic heterocycles. The second-order valence-electron chi connectivity index (χ2n) is 8.91. The van der Waals surface area contributed by atoms with Crippen molar-refractivity contribution < 1.29 is 38.8 Å². The van der Waals surface area contributed by atoms with Gasteiger partial charge in [0.15, 0.2) is 11.5 Å². The molecule has 0 radical (unpaired) electrons. The quantitative estimate of drug-likeness (QED) is 0.220. The second kappa shape index (κ2) is 15.0. The summed E-state index contributed by atoms with van der Waals surface area (Å²) in [4.78, 5) is 39.3. The summed E-state index contributed by atoms with van der Waals surface area (Å²) in [5.74, 6) is -0.0940. The van der Waals surface area contributed by atoms with Gasteiger partial charge in [-0.2, -0.15) is 0 Å². The van der Waals surface area contributed by atoms with E-state index in [2.05, 4.69) is 5.32 Å². The number of nitrogens with one attached hydrogen (secondary N) is 1. The minimum atomic E-state index is -1.21. The topological polar surface area (TPSA) is 135 Å². The van der Waals surface area contributed by atoms with E-state index in [-0.39, 0.29) is 50.8 Å². The molecule has 0 bridgehead atoms. The number of aliphatic hydroxyl groups is 2. The van der Waals surface area contributed by atoms with Crippen molar-refractivity contribution in [3.63, 3.8) is 0 Å². The number of ether oxygens (including phenoxy) is 3. The first-order chi connectivity index (χ1) is 18.8. The van der Waals surface area contributed by atoms with Crippen LogP contribution in [0.5, 0.6) is 11.5 Å². The molecule has 0 saturated heterocycles. The van der Waals surface area contributed by atoms with E-state index in [0.717, 1.165) is 5.56 Å². The van der Waals surface area contributed by atoms with Crippen molar-refractivity contribution in [2.24, 2.45) is 0 Å². The van der Waals surface area contributed by atoms with Crippen LogP contribution in [-0.4, -0.2) is 92.0 Å². The SMILES string of the molecule is COCCN(C(=O)Cc1ccccc1)C1CC(C(=O)NCCO)=CC(Oc2c(I)cc(C=O)cc2OC)C1O. The Labute approximate surface area is 241 Å². The van der Waals surface area contributed by atoms with E-state index < -0.39 is 24.2 Å². The Hall–Kier alpha value is -3.00. The molecule has 3 atom stereocenters. The standard InChI is InChI=1S/C28H33IN2O8/c1-37-11-9-31(25(34)14-18-6-4-3-5-7-18)22-15-20(28(36)30-8-10-32)16-23(26(22)35)39-27-21(29)12-19(17-33)13-24(27)38-2/h3-7,12-13,16-17,22-23,26,32,35H,8-11,14-15H2,1-2H3,(H,30,36). The molecule has 10 nitrogen and oxygen atoms in total. The number of carbonyl (C=O) groups excluding carboxylic acids is 3.